The zero-order chi connectivity index (χ0) is 17.6. The quantitative estimate of drug-likeness (QED) is 0.582. The van der Waals surface area contributed by atoms with E-state index in [0.29, 0.717) is 12.0 Å². The molecule has 24 heavy (non-hydrogen) atoms. The number of non-ortho nitro benzene ring substituents is 1. The second kappa shape index (κ2) is 7.89. The van der Waals surface area contributed by atoms with Gasteiger partial charge in [0.25, 0.3) is 5.69 Å². The van der Waals surface area contributed by atoms with E-state index in [-0.39, 0.29) is 18.0 Å². The third-order valence-electron chi connectivity index (χ3n) is 3.37. The van der Waals surface area contributed by atoms with Gasteiger partial charge in [0, 0.05) is 18.7 Å². The minimum atomic E-state index is -3.56. The summed E-state index contributed by atoms with van der Waals surface area (Å²) in [6.45, 7) is 0.254. The molecule has 7 nitrogen and oxygen atoms in total. The van der Waals surface area contributed by atoms with E-state index in [0.717, 1.165) is 11.3 Å². The molecule has 2 aromatic carbocycles. The van der Waals surface area contributed by atoms with Crippen molar-refractivity contribution in [3.8, 4) is 5.75 Å². The molecule has 0 unspecified atom stereocenters. The predicted molar refractivity (Wildman–Crippen MR) is 90.4 cm³/mol. The van der Waals surface area contributed by atoms with Gasteiger partial charge in [-0.15, -0.1) is 0 Å². The van der Waals surface area contributed by atoms with Crippen LogP contribution in [0.2, 0.25) is 0 Å². The number of benzene rings is 2. The number of nitro benzene ring substituents is 1. The molecule has 0 saturated heterocycles. The minimum Gasteiger partial charge on any atom is -0.497 e. The number of nitrogens with zero attached hydrogens (tertiary/aromatic N) is 1. The number of rotatable bonds is 8. The maximum atomic E-state index is 12.1. The van der Waals surface area contributed by atoms with E-state index < -0.39 is 14.9 Å². The topological polar surface area (TPSA) is 98.5 Å². The van der Waals surface area contributed by atoms with E-state index in [1.54, 1.807) is 13.2 Å². The molecule has 0 aromatic heterocycles. The SMILES string of the molecule is COc1ccc(CCNS(=O)(=O)Cc2cccc([N+](=O)[O-])c2)cc1. The molecule has 0 spiro atoms. The predicted octanol–water partition coefficient (Wildman–Crippen LogP) is 2.27. The van der Waals surface area contributed by atoms with Crippen LogP contribution in [0.1, 0.15) is 11.1 Å². The summed E-state index contributed by atoms with van der Waals surface area (Å²) in [5.41, 5.74) is 1.23. The molecule has 8 heteroatoms. The first kappa shape index (κ1) is 17.9. The van der Waals surface area contributed by atoms with Gasteiger partial charge in [0.2, 0.25) is 10.0 Å². The molecule has 1 N–H and O–H groups in total. The molecule has 0 aliphatic heterocycles. The van der Waals surface area contributed by atoms with Crippen molar-refractivity contribution in [2.24, 2.45) is 0 Å². The van der Waals surface area contributed by atoms with Gasteiger partial charge >= 0.3 is 0 Å². The first-order chi connectivity index (χ1) is 11.4. The maximum Gasteiger partial charge on any atom is 0.269 e. The first-order valence-electron chi connectivity index (χ1n) is 7.23. The number of hydrogen-bond acceptors (Lipinski definition) is 5. The summed E-state index contributed by atoms with van der Waals surface area (Å²) in [6, 6.07) is 13.0. The molecule has 0 fully saturated rings. The first-order valence-corrected chi connectivity index (χ1v) is 8.88. The molecule has 0 saturated carbocycles. The highest BCUT2D eigenvalue weighted by atomic mass is 32.2. The van der Waals surface area contributed by atoms with Crippen LogP contribution in [0.3, 0.4) is 0 Å². The summed E-state index contributed by atoms with van der Waals surface area (Å²) in [7, 11) is -1.98. The second-order valence-corrected chi connectivity index (χ2v) is 6.99. The fraction of sp³-hybridized carbons (Fsp3) is 0.250. The number of ether oxygens (including phenoxy) is 1. The Morgan fingerprint density at radius 1 is 1.12 bits per heavy atom. The third-order valence-corrected chi connectivity index (χ3v) is 4.73. The molecule has 0 heterocycles. The molecule has 128 valence electrons. The lowest BCUT2D eigenvalue weighted by Gasteiger charge is -2.07. The molecule has 0 bridgehead atoms. The van der Waals surface area contributed by atoms with Gasteiger partial charge < -0.3 is 4.74 Å². The van der Waals surface area contributed by atoms with E-state index in [4.69, 9.17) is 4.74 Å². The van der Waals surface area contributed by atoms with Crippen molar-refractivity contribution in [3.63, 3.8) is 0 Å². The summed E-state index contributed by atoms with van der Waals surface area (Å²) >= 11 is 0. The molecule has 0 aliphatic carbocycles. The van der Waals surface area contributed by atoms with E-state index >= 15 is 0 Å². The van der Waals surface area contributed by atoms with Crippen LogP contribution in [0, 0.1) is 10.1 Å². The van der Waals surface area contributed by atoms with Crippen LogP contribution >= 0.6 is 0 Å². The fourth-order valence-corrected chi connectivity index (χ4v) is 3.31. The van der Waals surface area contributed by atoms with E-state index in [2.05, 4.69) is 4.72 Å². The van der Waals surface area contributed by atoms with Crippen molar-refractivity contribution in [2.45, 2.75) is 12.2 Å². The number of methoxy groups -OCH3 is 1. The molecule has 0 atom stereocenters. The highest BCUT2D eigenvalue weighted by Crippen LogP contribution is 2.15. The normalized spacial score (nSPS) is 11.2. The minimum absolute atomic E-state index is 0.124. The summed E-state index contributed by atoms with van der Waals surface area (Å²) in [4.78, 5) is 10.2. The van der Waals surface area contributed by atoms with Gasteiger partial charge in [0.1, 0.15) is 5.75 Å². The van der Waals surface area contributed by atoms with Crippen LogP contribution in [-0.2, 0) is 22.2 Å². The van der Waals surface area contributed by atoms with Gasteiger partial charge in [-0.3, -0.25) is 10.1 Å². The van der Waals surface area contributed by atoms with Crippen molar-refractivity contribution in [1.82, 2.24) is 4.72 Å². The standard InChI is InChI=1S/C16H18N2O5S/c1-23-16-7-5-13(6-8-16)9-10-17-24(21,22)12-14-3-2-4-15(11-14)18(19)20/h2-8,11,17H,9-10,12H2,1H3. The van der Waals surface area contributed by atoms with Crippen molar-refractivity contribution in [3.05, 3.63) is 69.8 Å². The summed E-state index contributed by atoms with van der Waals surface area (Å²) in [5, 5.41) is 10.7. The summed E-state index contributed by atoms with van der Waals surface area (Å²) in [5.74, 6) is 0.446. The average Bonchev–Trinajstić information content (AvgIpc) is 2.55. The molecule has 2 rings (SSSR count). The molecular weight excluding hydrogens is 332 g/mol. The second-order valence-electron chi connectivity index (χ2n) is 5.18. The van der Waals surface area contributed by atoms with E-state index in [1.165, 1.54) is 18.2 Å². The van der Waals surface area contributed by atoms with Gasteiger partial charge in [0.05, 0.1) is 17.8 Å². The van der Waals surface area contributed by atoms with Gasteiger partial charge in [-0.2, -0.15) is 0 Å². The summed E-state index contributed by atoms with van der Waals surface area (Å²) < 4.78 is 31.7. The van der Waals surface area contributed by atoms with Gasteiger partial charge in [-0.05, 0) is 29.7 Å². The Kier molecular flexibility index (Phi) is 5.88. The smallest absolute Gasteiger partial charge is 0.269 e. The Balaban J connectivity index is 1.91. The van der Waals surface area contributed by atoms with Gasteiger partial charge in [-0.25, -0.2) is 13.1 Å². The zero-order valence-electron chi connectivity index (χ0n) is 13.1. The van der Waals surface area contributed by atoms with Gasteiger partial charge in [-0.1, -0.05) is 24.3 Å². The molecule has 0 radical (unpaired) electrons. The van der Waals surface area contributed by atoms with E-state index in [1.807, 2.05) is 24.3 Å². The Morgan fingerprint density at radius 2 is 1.83 bits per heavy atom. The number of nitrogens with one attached hydrogen (secondary N) is 1. The molecule has 2 aromatic rings. The molecule has 0 aliphatic rings. The Morgan fingerprint density at radius 3 is 2.46 bits per heavy atom. The van der Waals surface area contributed by atoms with Crippen LogP contribution in [0.5, 0.6) is 5.75 Å². The van der Waals surface area contributed by atoms with Crippen LogP contribution in [0.25, 0.3) is 0 Å². The lowest BCUT2D eigenvalue weighted by atomic mass is 10.1. The highest BCUT2D eigenvalue weighted by molar-refractivity contribution is 7.88. The van der Waals surface area contributed by atoms with Crippen LogP contribution in [0.4, 0.5) is 5.69 Å². The molecule has 0 amide bonds. The summed E-state index contributed by atoms with van der Waals surface area (Å²) in [6.07, 6.45) is 0.540. The largest absolute Gasteiger partial charge is 0.497 e. The van der Waals surface area contributed by atoms with Crippen molar-refractivity contribution >= 4 is 15.7 Å². The molecular formula is C16H18N2O5S. The highest BCUT2D eigenvalue weighted by Gasteiger charge is 2.13. The Hall–Kier alpha value is -2.45. The van der Waals surface area contributed by atoms with Crippen molar-refractivity contribution in [2.75, 3.05) is 13.7 Å². The number of nitro groups is 1. The number of hydrogen-bond donors (Lipinski definition) is 1. The monoisotopic (exact) mass is 350 g/mol. The van der Waals surface area contributed by atoms with Crippen LogP contribution in [0.15, 0.2) is 48.5 Å². The third kappa shape index (κ3) is 5.32. The lowest BCUT2D eigenvalue weighted by Crippen LogP contribution is -2.27. The maximum absolute atomic E-state index is 12.1. The van der Waals surface area contributed by atoms with Crippen molar-refractivity contribution in [1.29, 1.82) is 0 Å². The zero-order valence-corrected chi connectivity index (χ0v) is 14.0. The van der Waals surface area contributed by atoms with E-state index in [9.17, 15) is 18.5 Å². The Bertz CT molecular complexity index is 803. The number of sulfonamides is 1. The van der Waals surface area contributed by atoms with Gasteiger partial charge in [0.15, 0.2) is 0 Å². The fourth-order valence-electron chi connectivity index (χ4n) is 2.17. The van der Waals surface area contributed by atoms with Crippen LogP contribution in [-0.4, -0.2) is 27.0 Å². The van der Waals surface area contributed by atoms with Crippen molar-refractivity contribution < 1.29 is 18.1 Å². The lowest BCUT2D eigenvalue weighted by molar-refractivity contribution is -0.384. The van der Waals surface area contributed by atoms with Crippen LogP contribution < -0.4 is 9.46 Å². The average molecular weight is 350 g/mol. The Labute approximate surface area is 140 Å².